The molecule has 0 spiro atoms. The molecule has 3 heteroatoms. The molecule has 0 bridgehead atoms. The lowest BCUT2D eigenvalue weighted by molar-refractivity contribution is 1.13. The predicted molar refractivity (Wildman–Crippen MR) is 66.5 cm³/mol. The summed E-state index contributed by atoms with van der Waals surface area (Å²) in [5, 5.41) is 3.07. The summed E-state index contributed by atoms with van der Waals surface area (Å²) in [4.78, 5) is 8.53. The Morgan fingerprint density at radius 3 is 2.62 bits per heavy atom. The van der Waals surface area contributed by atoms with E-state index in [-0.39, 0.29) is 0 Å². The zero-order valence-electron chi connectivity index (χ0n) is 9.78. The van der Waals surface area contributed by atoms with Gasteiger partial charge in [0.2, 0.25) is 0 Å². The summed E-state index contributed by atoms with van der Waals surface area (Å²) >= 11 is 0. The average molecular weight is 213 g/mol. The summed E-state index contributed by atoms with van der Waals surface area (Å²) in [5.74, 6) is 0.881. The van der Waals surface area contributed by atoms with Crippen LogP contribution in [0.5, 0.6) is 0 Å². The molecule has 0 radical (unpaired) electrons. The second-order valence-electron chi connectivity index (χ2n) is 3.82. The second-order valence-corrected chi connectivity index (χ2v) is 3.82. The molecule has 1 aromatic carbocycles. The van der Waals surface area contributed by atoms with Crippen LogP contribution >= 0.6 is 0 Å². The van der Waals surface area contributed by atoms with Gasteiger partial charge in [0.15, 0.2) is 0 Å². The van der Waals surface area contributed by atoms with E-state index in [9.17, 15) is 0 Å². The Morgan fingerprint density at radius 1 is 1.12 bits per heavy atom. The first kappa shape index (κ1) is 10.6. The molecule has 2 aromatic rings. The summed E-state index contributed by atoms with van der Waals surface area (Å²) in [6, 6.07) is 8.33. The number of rotatable bonds is 2. The lowest BCUT2D eigenvalue weighted by Gasteiger charge is -2.09. The molecule has 0 saturated carbocycles. The van der Waals surface area contributed by atoms with Crippen molar-refractivity contribution in [3.8, 4) is 11.3 Å². The Labute approximate surface area is 95.6 Å². The fraction of sp³-hybridized carbons (Fsp3) is 0.231. The van der Waals surface area contributed by atoms with Gasteiger partial charge in [-0.2, -0.15) is 0 Å². The zero-order valence-corrected chi connectivity index (χ0v) is 9.78. The van der Waals surface area contributed by atoms with Gasteiger partial charge in [0.1, 0.15) is 12.1 Å². The molecule has 2 rings (SSSR count). The van der Waals surface area contributed by atoms with Crippen LogP contribution in [0, 0.1) is 13.8 Å². The number of hydrogen-bond acceptors (Lipinski definition) is 3. The molecule has 0 saturated heterocycles. The maximum Gasteiger partial charge on any atom is 0.132 e. The van der Waals surface area contributed by atoms with Gasteiger partial charge in [0, 0.05) is 18.2 Å². The van der Waals surface area contributed by atoms with Gasteiger partial charge in [-0.05, 0) is 19.9 Å². The van der Waals surface area contributed by atoms with Crippen molar-refractivity contribution < 1.29 is 0 Å². The van der Waals surface area contributed by atoms with Gasteiger partial charge in [-0.25, -0.2) is 9.97 Å². The number of benzene rings is 1. The minimum Gasteiger partial charge on any atom is -0.373 e. The maximum absolute atomic E-state index is 4.35. The molecule has 0 unspecified atom stereocenters. The highest BCUT2D eigenvalue weighted by molar-refractivity contribution is 5.68. The second kappa shape index (κ2) is 4.31. The van der Waals surface area contributed by atoms with Gasteiger partial charge in [0.25, 0.3) is 0 Å². The third kappa shape index (κ3) is 1.89. The minimum atomic E-state index is 0.881. The first-order valence-corrected chi connectivity index (χ1v) is 5.28. The minimum absolute atomic E-state index is 0.881. The van der Waals surface area contributed by atoms with E-state index < -0.39 is 0 Å². The maximum atomic E-state index is 4.35. The highest BCUT2D eigenvalue weighted by Gasteiger charge is 2.07. The molecule has 0 atom stereocenters. The normalized spacial score (nSPS) is 10.2. The predicted octanol–water partition coefficient (Wildman–Crippen LogP) is 2.80. The van der Waals surface area contributed by atoms with Crippen LogP contribution in [-0.2, 0) is 0 Å². The summed E-state index contributed by atoms with van der Waals surface area (Å²) in [6.45, 7) is 4.11. The lowest BCUT2D eigenvalue weighted by Crippen LogP contribution is -1.99. The smallest absolute Gasteiger partial charge is 0.132 e. The van der Waals surface area contributed by atoms with Crippen molar-refractivity contribution in [2.45, 2.75) is 13.8 Å². The molecular weight excluding hydrogens is 198 g/mol. The third-order valence-electron chi connectivity index (χ3n) is 2.61. The highest BCUT2D eigenvalue weighted by atomic mass is 15.0. The van der Waals surface area contributed by atoms with Crippen LogP contribution in [0.1, 0.15) is 11.1 Å². The van der Waals surface area contributed by atoms with E-state index in [2.05, 4.69) is 40.4 Å². The summed E-state index contributed by atoms with van der Waals surface area (Å²) in [7, 11) is 1.87. The fourth-order valence-corrected chi connectivity index (χ4v) is 1.79. The van der Waals surface area contributed by atoms with E-state index >= 15 is 0 Å². The highest BCUT2D eigenvalue weighted by Crippen LogP contribution is 2.24. The largest absolute Gasteiger partial charge is 0.373 e. The molecule has 0 aliphatic heterocycles. The van der Waals surface area contributed by atoms with Gasteiger partial charge >= 0.3 is 0 Å². The number of hydrogen-bond donors (Lipinski definition) is 1. The van der Waals surface area contributed by atoms with Gasteiger partial charge in [-0.15, -0.1) is 0 Å². The molecule has 3 nitrogen and oxygen atoms in total. The van der Waals surface area contributed by atoms with E-state index in [0.717, 1.165) is 22.6 Å². The van der Waals surface area contributed by atoms with Crippen molar-refractivity contribution >= 4 is 5.82 Å². The molecule has 16 heavy (non-hydrogen) atoms. The zero-order chi connectivity index (χ0) is 11.5. The average Bonchev–Trinajstić information content (AvgIpc) is 2.29. The van der Waals surface area contributed by atoms with Gasteiger partial charge < -0.3 is 5.32 Å². The number of aromatic nitrogens is 2. The Morgan fingerprint density at radius 2 is 1.94 bits per heavy atom. The number of aryl methyl sites for hydroxylation is 1. The van der Waals surface area contributed by atoms with Gasteiger partial charge in [0.05, 0.1) is 5.69 Å². The molecule has 1 aromatic heterocycles. The monoisotopic (exact) mass is 213 g/mol. The van der Waals surface area contributed by atoms with E-state index in [1.54, 1.807) is 6.33 Å². The summed E-state index contributed by atoms with van der Waals surface area (Å²) in [6.07, 6.45) is 1.59. The van der Waals surface area contributed by atoms with E-state index in [4.69, 9.17) is 0 Å². The van der Waals surface area contributed by atoms with E-state index in [1.807, 2.05) is 20.0 Å². The van der Waals surface area contributed by atoms with Crippen molar-refractivity contribution in [3.05, 3.63) is 41.7 Å². The van der Waals surface area contributed by atoms with Crippen molar-refractivity contribution in [2.24, 2.45) is 0 Å². The van der Waals surface area contributed by atoms with E-state index in [1.165, 1.54) is 5.56 Å². The summed E-state index contributed by atoms with van der Waals surface area (Å²) in [5.41, 5.74) is 4.44. The van der Waals surface area contributed by atoms with Crippen molar-refractivity contribution in [3.63, 3.8) is 0 Å². The van der Waals surface area contributed by atoms with Crippen LogP contribution in [0.2, 0.25) is 0 Å². The third-order valence-corrected chi connectivity index (χ3v) is 2.61. The van der Waals surface area contributed by atoms with Crippen LogP contribution in [0.4, 0.5) is 5.82 Å². The Balaban J connectivity index is 2.56. The lowest BCUT2D eigenvalue weighted by atomic mass is 10.1. The Kier molecular flexibility index (Phi) is 2.86. The number of nitrogens with one attached hydrogen (secondary N) is 1. The fourth-order valence-electron chi connectivity index (χ4n) is 1.79. The molecule has 0 aliphatic carbocycles. The van der Waals surface area contributed by atoms with Gasteiger partial charge in [-0.3, -0.25) is 0 Å². The van der Waals surface area contributed by atoms with Crippen molar-refractivity contribution in [2.75, 3.05) is 12.4 Å². The Hall–Kier alpha value is -1.90. The van der Waals surface area contributed by atoms with Crippen LogP contribution < -0.4 is 5.32 Å². The molecule has 1 N–H and O–H groups in total. The van der Waals surface area contributed by atoms with Crippen LogP contribution in [0.25, 0.3) is 11.3 Å². The molecule has 0 amide bonds. The quantitative estimate of drug-likeness (QED) is 0.833. The SMILES string of the molecule is CNc1ncnc(-c2cccc(C)c2)c1C. The number of anilines is 1. The van der Waals surface area contributed by atoms with Crippen LogP contribution in [-0.4, -0.2) is 17.0 Å². The molecule has 1 heterocycles. The topological polar surface area (TPSA) is 37.8 Å². The Bertz CT molecular complexity index is 506. The molecular formula is C13H15N3. The van der Waals surface area contributed by atoms with Crippen molar-refractivity contribution in [1.29, 1.82) is 0 Å². The first-order chi connectivity index (χ1) is 7.72. The summed E-state index contributed by atoms with van der Waals surface area (Å²) < 4.78 is 0. The van der Waals surface area contributed by atoms with Crippen LogP contribution in [0.15, 0.2) is 30.6 Å². The van der Waals surface area contributed by atoms with Crippen molar-refractivity contribution in [1.82, 2.24) is 9.97 Å². The van der Waals surface area contributed by atoms with Gasteiger partial charge in [-0.1, -0.05) is 23.8 Å². The first-order valence-electron chi connectivity index (χ1n) is 5.28. The van der Waals surface area contributed by atoms with E-state index in [0.29, 0.717) is 0 Å². The van der Waals surface area contributed by atoms with Crippen LogP contribution in [0.3, 0.4) is 0 Å². The molecule has 0 fully saturated rings. The molecule has 82 valence electrons. The number of nitrogens with zero attached hydrogens (tertiary/aromatic N) is 2. The standard InChI is InChI=1S/C13H15N3/c1-9-5-4-6-11(7-9)12-10(2)13(14-3)16-8-15-12/h4-8H,1-3H3,(H,14,15,16). The molecule has 0 aliphatic rings.